The normalized spacial score (nSPS) is 31.9. The maximum Gasteiger partial charge on any atom is 0.0655 e. The van der Waals surface area contributed by atoms with Gasteiger partial charge in [0, 0.05) is 30.7 Å². The van der Waals surface area contributed by atoms with E-state index in [9.17, 15) is 0 Å². The van der Waals surface area contributed by atoms with Crippen LogP contribution in [-0.2, 0) is 4.74 Å². The van der Waals surface area contributed by atoms with Crippen LogP contribution in [0, 0.1) is 5.41 Å². The van der Waals surface area contributed by atoms with Gasteiger partial charge in [0.25, 0.3) is 0 Å². The van der Waals surface area contributed by atoms with Gasteiger partial charge >= 0.3 is 0 Å². The van der Waals surface area contributed by atoms with E-state index in [2.05, 4.69) is 37.6 Å². The van der Waals surface area contributed by atoms with E-state index in [0.717, 1.165) is 13.2 Å². The smallest absolute Gasteiger partial charge is 0.0655 e. The lowest BCUT2D eigenvalue weighted by atomic mass is 9.64. The Morgan fingerprint density at radius 1 is 1.37 bits per heavy atom. The zero-order chi connectivity index (χ0) is 13.9. The van der Waals surface area contributed by atoms with Crippen molar-refractivity contribution in [2.75, 3.05) is 26.2 Å². The van der Waals surface area contributed by atoms with Crippen molar-refractivity contribution >= 4 is 0 Å². The SMILES string of the molecule is C=CCN1CCC(N[C@@H]2C[C@@H](OCC)C2(C)C)CC1. The third-order valence-corrected chi connectivity index (χ3v) is 4.96. The number of nitrogens with zero attached hydrogens (tertiary/aromatic N) is 1. The molecule has 0 unspecified atom stereocenters. The Labute approximate surface area is 118 Å². The number of rotatable bonds is 6. The van der Waals surface area contributed by atoms with Crippen LogP contribution in [0.3, 0.4) is 0 Å². The van der Waals surface area contributed by atoms with Gasteiger partial charge in [-0.25, -0.2) is 0 Å². The molecule has 2 fully saturated rings. The fraction of sp³-hybridized carbons (Fsp3) is 0.875. The van der Waals surface area contributed by atoms with Gasteiger partial charge in [-0.15, -0.1) is 6.58 Å². The van der Waals surface area contributed by atoms with E-state index < -0.39 is 0 Å². The van der Waals surface area contributed by atoms with Crippen molar-refractivity contribution in [3.05, 3.63) is 12.7 Å². The third kappa shape index (κ3) is 3.39. The number of piperidine rings is 1. The third-order valence-electron chi connectivity index (χ3n) is 4.96. The average Bonchev–Trinajstić information content (AvgIpc) is 2.40. The Bertz CT molecular complexity index is 295. The fourth-order valence-corrected chi connectivity index (χ4v) is 3.40. The highest BCUT2D eigenvalue weighted by atomic mass is 16.5. The Morgan fingerprint density at radius 3 is 2.58 bits per heavy atom. The minimum Gasteiger partial charge on any atom is -0.378 e. The van der Waals surface area contributed by atoms with Crippen LogP contribution < -0.4 is 5.32 Å². The molecule has 0 radical (unpaired) electrons. The summed E-state index contributed by atoms with van der Waals surface area (Å²) in [7, 11) is 0. The summed E-state index contributed by atoms with van der Waals surface area (Å²) in [6.45, 7) is 14.8. The Hall–Kier alpha value is -0.380. The lowest BCUT2D eigenvalue weighted by Crippen LogP contribution is -2.63. The van der Waals surface area contributed by atoms with Crippen molar-refractivity contribution in [3.8, 4) is 0 Å². The van der Waals surface area contributed by atoms with Crippen LogP contribution in [-0.4, -0.2) is 49.3 Å². The van der Waals surface area contributed by atoms with Gasteiger partial charge in [0.2, 0.25) is 0 Å². The topological polar surface area (TPSA) is 24.5 Å². The van der Waals surface area contributed by atoms with E-state index in [1.54, 1.807) is 0 Å². The molecule has 0 spiro atoms. The molecule has 3 nitrogen and oxygen atoms in total. The predicted octanol–water partition coefficient (Wildman–Crippen LogP) is 2.43. The van der Waals surface area contributed by atoms with Crippen molar-refractivity contribution in [2.45, 2.75) is 58.2 Å². The van der Waals surface area contributed by atoms with Crippen molar-refractivity contribution < 1.29 is 4.74 Å². The highest BCUT2D eigenvalue weighted by molar-refractivity contribution is 5.04. The summed E-state index contributed by atoms with van der Waals surface area (Å²) in [5, 5.41) is 3.86. The molecule has 3 heteroatoms. The minimum atomic E-state index is 0.286. The minimum absolute atomic E-state index is 0.286. The summed E-state index contributed by atoms with van der Waals surface area (Å²) < 4.78 is 5.80. The lowest BCUT2D eigenvalue weighted by molar-refractivity contribution is -0.117. The molecule has 19 heavy (non-hydrogen) atoms. The highest BCUT2D eigenvalue weighted by Gasteiger charge is 2.49. The molecule has 0 bridgehead atoms. The summed E-state index contributed by atoms with van der Waals surface area (Å²) in [6, 6.07) is 1.31. The Balaban J connectivity index is 1.73. The van der Waals surface area contributed by atoms with E-state index in [1.807, 2.05) is 6.08 Å². The number of nitrogens with one attached hydrogen (secondary N) is 1. The Morgan fingerprint density at radius 2 is 2.05 bits per heavy atom. The fourth-order valence-electron chi connectivity index (χ4n) is 3.40. The van der Waals surface area contributed by atoms with Crippen LogP contribution in [0.5, 0.6) is 0 Å². The average molecular weight is 266 g/mol. The lowest BCUT2D eigenvalue weighted by Gasteiger charge is -2.53. The monoisotopic (exact) mass is 266 g/mol. The van der Waals surface area contributed by atoms with Crippen LogP contribution in [0.2, 0.25) is 0 Å². The maximum absolute atomic E-state index is 5.80. The summed E-state index contributed by atoms with van der Waals surface area (Å²) in [6.07, 6.45) is 6.15. The molecule has 2 rings (SSSR count). The van der Waals surface area contributed by atoms with E-state index in [4.69, 9.17) is 4.74 Å². The van der Waals surface area contributed by atoms with Gasteiger partial charge in [-0.1, -0.05) is 19.9 Å². The number of hydrogen-bond donors (Lipinski definition) is 1. The number of ether oxygens (including phenoxy) is 1. The molecule has 1 aliphatic heterocycles. The molecular weight excluding hydrogens is 236 g/mol. The summed E-state index contributed by atoms with van der Waals surface area (Å²) in [4.78, 5) is 2.49. The molecule has 0 aromatic heterocycles. The van der Waals surface area contributed by atoms with Gasteiger partial charge < -0.3 is 10.1 Å². The van der Waals surface area contributed by atoms with Crippen LogP contribution in [0.1, 0.15) is 40.0 Å². The molecule has 1 aliphatic carbocycles. The zero-order valence-electron chi connectivity index (χ0n) is 12.8. The molecule has 2 atom stereocenters. The maximum atomic E-state index is 5.80. The molecule has 1 saturated carbocycles. The summed E-state index contributed by atoms with van der Waals surface area (Å²) in [5.74, 6) is 0. The highest BCUT2D eigenvalue weighted by Crippen LogP contribution is 2.43. The Kier molecular flexibility index (Phi) is 5.04. The van der Waals surface area contributed by atoms with Gasteiger partial charge in [-0.05, 0) is 39.3 Å². The van der Waals surface area contributed by atoms with Crippen LogP contribution in [0.15, 0.2) is 12.7 Å². The summed E-state index contributed by atoms with van der Waals surface area (Å²) in [5.41, 5.74) is 0.286. The van der Waals surface area contributed by atoms with Crippen LogP contribution in [0.4, 0.5) is 0 Å². The van der Waals surface area contributed by atoms with E-state index >= 15 is 0 Å². The van der Waals surface area contributed by atoms with E-state index in [-0.39, 0.29) is 5.41 Å². The molecular formula is C16H30N2O. The molecule has 1 saturated heterocycles. The van der Waals surface area contributed by atoms with Crippen molar-refractivity contribution in [1.82, 2.24) is 10.2 Å². The largest absolute Gasteiger partial charge is 0.378 e. The van der Waals surface area contributed by atoms with Gasteiger partial charge in [0.15, 0.2) is 0 Å². The second-order valence-corrected chi connectivity index (χ2v) is 6.58. The van der Waals surface area contributed by atoms with Crippen LogP contribution in [0.25, 0.3) is 0 Å². The summed E-state index contributed by atoms with van der Waals surface area (Å²) >= 11 is 0. The van der Waals surface area contributed by atoms with Crippen molar-refractivity contribution in [2.24, 2.45) is 5.41 Å². The molecule has 1 heterocycles. The van der Waals surface area contributed by atoms with E-state index in [0.29, 0.717) is 18.2 Å². The van der Waals surface area contributed by atoms with Crippen molar-refractivity contribution in [3.63, 3.8) is 0 Å². The van der Waals surface area contributed by atoms with Gasteiger partial charge in [0.1, 0.15) is 0 Å². The molecule has 2 aliphatic rings. The molecule has 1 N–H and O–H groups in total. The first-order valence-electron chi connectivity index (χ1n) is 7.78. The predicted molar refractivity (Wildman–Crippen MR) is 80.4 cm³/mol. The molecule has 0 aromatic rings. The van der Waals surface area contributed by atoms with Gasteiger partial charge in [-0.2, -0.15) is 0 Å². The van der Waals surface area contributed by atoms with Gasteiger partial charge in [0.05, 0.1) is 6.10 Å². The number of hydrogen-bond acceptors (Lipinski definition) is 3. The molecule has 0 aromatic carbocycles. The zero-order valence-corrected chi connectivity index (χ0v) is 12.8. The standard InChI is InChI=1S/C16H30N2O/c1-5-9-18-10-7-13(8-11-18)17-14-12-15(19-6-2)16(14,3)4/h5,13-15,17H,1,6-12H2,2-4H3/t14-,15-/m1/s1. The second-order valence-electron chi connectivity index (χ2n) is 6.58. The quantitative estimate of drug-likeness (QED) is 0.747. The number of likely N-dealkylation sites (tertiary alicyclic amines) is 1. The van der Waals surface area contributed by atoms with Crippen molar-refractivity contribution in [1.29, 1.82) is 0 Å². The first-order chi connectivity index (χ1) is 9.07. The van der Waals surface area contributed by atoms with Crippen LogP contribution >= 0.6 is 0 Å². The molecule has 0 amide bonds. The van der Waals surface area contributed by atoms with Gasteiger partial charge in [-0.3, -0.25) is 4.90 Å². The molecule has 110 valence electrons. The second kappa shape index (κ2) is 6.38. The first-order valence-corrected chi connectivity index (χ1v) is 7.78. The van der Waals surface area contributed by atoms with E-state index in [1.165, 1.54) is 32.4 Å². The first kappa shape index (κ1) is 15.0.